The molecule has 1 heterocycles. The minimum absolute atomic E-state index is 0.558. The Hall–Kier alpha value is -0.780. The van der Waals surface area contributed by atoms with Crippen molar-refractivity contribution in [2.75, 3.05) is 0 Å². The summed E-state index contributed by atoms with van der Waals surface area (Å²) in [6.45, 7) is 0. The molecule has 14 heavy (non-hydrogen) atoms. The fourth-order valence-electron chi connectivity index (χ4n) is 1.53. The highest BCUT2D eigenvalue weighted by Crippen LogP contribution is 2.28. The van der Waals surface area contributed by atoms with Crippen molar-refractivity contribution in [3.05, 3.63) is 27.3 Å². The predicted molar refractivity (Wildman–Crippen MR) is 59.5 cm³/mol. The lowest BCUT2D eigenvalue weighted by Crippen LogP contribution is -2.30. The highest BCUT2D eigenvalue weighted by atomic mass is 127. The Morgan fingerprint density at radius 3 is 3.07 bits per heavy atom. The Bertz CT molecular complexity index is 376. The van der Waals surface area contributed by atoms with Gasteiger partial charge in [-0.1, -0.05) is 0 Å². The fraction of sp³-hybridized carbons (Fsp3) is 0.300. The number of hydrogen-bond acceptors (Lipinski definition) is 2. The molecule has 0 bridgehead atoms. The van der Waals surface area contributed by atoms with Crippen molar-refractivity contribution < 1.29 is 14.6 Å². The topological polar surface area (TPSA) is 46.5 Å². The molecule has 1 N–H and O–H groups in total. The monoisotopic (exact) mass is 304 g/mol. The summed E-state index contributed by atoms with van der Waals surface area (Å²) in [5.41, 5.74) is 1.11. The van der Waals surface area contributed by atoms with Crippen molar-refractivity contribution in [3.63, 3.8) is 0 Å². The van der Waals surface area contributed by atoms with E-state index in [1.54, 1.807) is 0 Å². The van der Waals surface area contributed by atoms with E-state index >= 15 is 0 Å². The number of fused-ring (bicyclic) bond motifs is 1. The number of rotatable bonds is 1. The Morgan fingerprint density at radius 2 is 2.36 bits per heavy atom. The molecule has 1 atom stereocenters. The van der Waals surface area contributed by atoms with E-state index in [9.17, 15) is 4.79 Å². The lowest BCUT2D eigenvalue weighted by Gasteiger charge is -2.23. The molecule has 1 aromatic carbocycles. The van der Waals surface area contributed by atoms with Crippen LogP contribution in [0.3, 0.4) is 0 Å². The van der Waals surface area contributed by atoms with Gasteiger partial charge in [-0.2, -0.15) is 0 Å². The summed E-state index contributed by atoms with van der Waals surface area (Å²) in [6.07, 6.45) is 0.661. The van der Waals surface area contributed by atoms with Crippen molar-refractivity contribution in [1.29, 1.82) is 0 Å². The minimum Gasteiger partial charge on any atom is -0.479 e. The van der Waals surface area contributed by atoms with Crippen molar-refractivity contribution in [2.24, 2.45) is 0 Å². The molecule has 1 aliphatic rings. The van der Waals surface area contributed by atoms with Crippen LogP contribution in [0.1, 0.15) is 12.0 Å². The van der Waals surface area contributed by atoms with Crippen LogP contribution >= 0.6 is 22.6 Å². The Kier molecular flexibility index (Phi) is 2.62. The van der Waals surface area contributed by atoms with E-state index in [2.05, 4.69) is 22.6 Å². The number of hydrogen-bond donors (Lipinski definition) is 1. The Labute approximate surface area is 95.2 Å². The second kappa shape index (κ2) is 3.76. The first kappa shape index (κ1) is 9.76. The van der Waals surface area contributed by atoms with Crippen LogP contribution in [0, 0.1) is 3.57 Å². The number of benzene rings is 1. The van der Waals surface area contributed by atoms with Crippen molar-refractivity contribution in [2.45, 2.75) is 18.9 Å². The summed E-state index contributed by atoms with van der Waals surface area (Å²) < 4.78 is 6.50. The number of carboxylic acid groups (broad SMARTS) is 1. The summed E-state index contributed by atoms with van der Waals surface area (Å²) in [7, 11) is 0. The third-order valence-electron chi connectivity index (χ3n) is 2.24. The zero-order chi connectivity index (χ0) is 10.1. The zero-order valence-corrected chi connectivity index (χ0v) is 9.52. The smallest absolute Gasteiger partial charge is 0.344 e. The third-order valence-corrected chi connectivity index (χ3v) is 2.91. The van der Waals surface area contributed by atoms with Gasteiger partial charge in [-0.05, 0) is 59.2 Å². The maximum Gasteiger partial charge on any atom is 0.344 e. The van der Waals surface area contributed by atoms with Gasteiger partial charge < -0.3 is 9.84 Å². The Morgan fingerprint density at radius 1 is 1.57 bits per heavy atom. The molecule has 0 spiro atoms. The van der Waals surface area contributed by atoms with Gasteiger partial charge in [0.25, 0.3) is 0 Å². The van der Waals surface area contributed by atoms with Gasteiger partial charge >= 0.3 is 5.97 Å². The molecule has 2 rings (SSSR count). The SMILES string of the molecule is O=C(O)C1CCc2cc(I)ccc2O1. The number of halogens is 1. The number of ether oxygens (including phenoxy) is 1. The molecule has 74 valence electrons. The van der Waals surface area contributed by atoms with Gasteiger partial charge in [0, 0.05) is 3.57 Å². The van der Waals surface area contributed by atoms with Crippen molar-refractivity contribution in [1.82, 2.24) is 0 Å². The van der Waals surface area contributed by atoms with Crippen LogP contribution in [-0.2, 0) is 11.2 Å². The van der Waals surface area contributed by atoms with E-state index in [1.165, 1.54) is 0 Å². The fourth-order valence-corrected chi connectivity index (χ4v) is 2.09. The standard InChI is InChI=1S/C10H9IO3/c11-7-2-4-8-6(5-7)1-3-9(14-8)10(12)13/h2,4-5,9H,1,3H2,(H,12,13). The van der Waals surface area contributed by atoms with Gasteiger partial charge in [-0.3, -0.25) is 0 Å². The molecule has 0 saturated heterocycles. The number of carbonyl (C=O) groups is 1. The van der Waals surface area contributed by atoms with Crippen LogP contribution in [0.15, 0.2) is 18.2 Å². The van der Waals surface area contributed by atoms with E-state index in [0.29, 0.717) is 12.2 Å². The largest absolute Gasteiger partial charge is 0.479 e. The molecular formula is C10H9IO3. The quantitative estimate of drug-likeness (QED) is 0.808. The molecule has 0 radical (unpaired) electrons. The maximum atomic E-state index is 10.7. The summed E-state index contributed by atoms with van der Waals surface area (Å²) >= 11 is 2.23. The van der Waals surface area contributed by atoms with Crippen LogP contribution in [0.5, 0.6) is 5.75 Å². The molecule has 1 unspecified atom stereocenters. The molecule has 1 aromatic rings. The summed E-state index contributed by atoms with van der Waals surface area (Å²) in [6, 6.07) is 5.80. The molecular weight excluding hydrogens is 295 g/mol. The predicted octanol–water partition coefficient (Wildman–Crippen LogP) is 2.07. The summed E-state index contributed by atoms with van der Waals surface area (Å²) in [5, 5.41) is 8.79. The average Bonchev–Trinajstić information content (AvgIpc) is 2.16. The van der Waals surface area contributed by atoms with Crippen molar-refractivity contribution >= 4 is 28.6 Å². The molecule has 0 saturated carbocycles. The Balaban J connectivity index is 2.27. The zero-order valence-electron chi connectivity index (χ0n) is 7.37. The normalized spacial score (nSPS) is 19.6. The molecule has 0 aliphatic carbocycles. The summed E-state index contributed by atoms with van der Waals surface area (Å²) in [4.78, 5) is 10.7. The van der Waals surface area contributed by atoms with E-state index in [0.717, 1.165) is 15.6 Å². The first-order chi connectivity index (χ1) is 6.66. The van der Waals surface area contributed by atoms with Crippen LogP contribution < -0.4 is 4.74 Å². The summed E-state index contributed by atoms with van der Waals surface area (Å²) in [5.74, 6) is -0.168. The van der Waals surface area contributed by atoms with Crippen LogP contribution in [0.2, 0.25) is 0 Å². The molecule has 3 nitrogen and oxygen atoms in total. The average molecular weight is 304 g/mol. The van der Waals surface area contributed by atoms with Gasteiger partial charge in [-0.25, -0.2) is 4.79 Å². The minimum atomic E-state index is -0.880. The van der Waals surface area contributed by atoms with E-state index < -0.39 is 12.1 Å². The number of aryl methyl sites for hydroxylation is 1. The van der Waals surface area contributed by atoms with Gasteiger partial charge in [0.2, 0.25) is 0 Å². The van der Waals surface area contributed by atoms with Gasteiger partial charge in [0.05, 0.1) is 0 Å². The number of carboxylic acids is 1. The van der Waals surface area contributed by atoms with Gasteiger partial charge in [0.1, 0.15) is 5.75 Å². The molecule has 0 amide bonds. The highest BCUT2D eigenvalue weighted by molar-refractivity contribution is 14.1. The van der Waals surface area contributed by atoms with Gasteiger partial charge in [-0.15, -0.1) is 0 Å². The maximum absolute atomic E-state index is 10.7. The second-order valence-electron chi connectivity index (χ2n) is 3.24. The lowest BCUT2D eigenvalue weighted by atomic mass is 10.0. The van der Waals surface area contributed by atoms with Crippen molar-refractivity contribution in [3.8, 4) is 5.75 Å². The van der Waals surface area contributed by atoms with Crippen LogP contribution in [-0.4, -0.2) is 17.2 Å². The molecule has 0 aromatic heterocycles. The third kappa shape index (κ3) is 1.84. The molecule has 0 fully saturated rings. The highest BCUT2D eigenvalue weighted by Gasteiger charge is 2.25. The lowest BCUT2D eigenvalue weighted by molar-refractivity contribution is -0.145. The van der Waals surface area contributed by atoms with E-state index in [4.69, 9.17) is 9.84 Å². The van der Waals surface area contributed by atoms with Crippen LogP contribution in [0.4, 0.5) is 0 Å². The van der Waals surface area contributed by atoms with Crippen LogP contribution in [0.25, 0.3) is 0 Å². The van der Waals surface area contributed by atoms with E-state index in [1.807, 2.05) is 18.2 Å². The van der Waals surface area contributed by atoms with Gasteiger partial charge in [0.15, 0.2) is 6.10 Å². The molecule has 4 heteroatoms. The first-order valence-corrected chi connectivity index (χ1v) is 5.42. The first-order valence-electron chi connectivity index (χ1n) is 4.35. The number of aliphatic carboxylic acids is 1. The van der Waals surface area contributed by atoms with E-state index in [-0.39, 0.29) is 0 Å². The second-order valence-corrected chi connectivity index (χ2v) is 4.48. The molecule has 1 aliphatic heterocycles.